The van der Waals surface area contributed by atoms with Crippen molar-refractivity contribution in [2.45, 2.75) is 25.7 Å². The zero-order valence-corrected chi connectivity index (χ0v) is 10.6. The molecule has 3 heteroatoms. The predicted molar refractivity (Wildman–Crippen MR) is 75.3 cm³/mol. The summed E-state index contributed by atoms with van der Waals surface area (Å²) in [5.41, 5.74) is 4.02. The van der Waals surface area contributed by atoms with Gasteiger partial charge in [-0.15, -0.1) is 0 Å². The number of aromatic amines is 1. The Balaban J connectivity index is 2.07. The van der Waals surface area contributed by atoms with E-state index in [1.807, 2.05) is 24.3 Å². The smallest absolute Gasteiger partial charge is 0.179 e. The van der Waals surface area contributed by atoms with Crippen LogP contribution in [0.1, 0.15) is 40.9 Å². The van der Waals surface area contributed by atoms with Crippen molar-refractivity contribution in [3.63, 3.8) is 0 Å². The quantitative estimate of drug-likeness (QED) is 0.853. The molecule has 0 aliphatic heterocycles. The number of hydrogen-bond donors (Lipinski definition) is 1. The fourth-order valence-corrected chi connectivity index (χ4v) is 2.68. The Morgan fingerprint density at radius 2 is 2.16 bits per heavy atom. The highest BCUT2D eigenvalue weighted by Gasteiger charge is 2.21. The Labute approximate surface area is 111 Å². The minimum atomic E-state index is 0.218. The van der Waals surface area contributed by atoms with Gasteiger partial charge < -0.3 is 9.78 Å². The maximum absolute atomic E-state index is 11.9. The molecular weight excluding hydrogens is 238 g/mol. The molecule has 0 saturated heterocycles. The van der Waals surface area contributed by atoms with Crippen molar-refractivity contribution in [1.82, 2.24) is 4.98 Å². The first kappa shape index (κ1) is 11.9. The Hall–Kier alpha value is -2.16. The number of carbonyl (C=O) groups is 2. The Morgan fingerprint density at radius 1 is 1.26 bits per heavy atom. The third kappa shape index (κ3) is 2.12. The fourth-order valence-electron chi connectivity index (χ4n) is 2.68. The molecule has 0 unspecified atom stereocenters. The molecule has 1 heterocycles. The van der Waals surface area contributed by atoms with Crippen LogP contribution < -0.4 is 0 Å². The number of aryl methyl sites for hydroxylation is 1. The molecule has 1 aromatic heterocycles. The topological polar surface area (TPSA) is 49.9 Å². The number of H-pyrrole nitrogens is 1. The lowest BCUT2D eigenvalue weighted by Crippen LogP contribution is -2.09. The van der Waals surface area contributed by atoms with E-state index in [9.17, 15) is 9.59 Å². The molecule has 3 rings (SSSR count). The molecule has 3 nitrogen and oxygen atoms in total. The highest BCUT2D eigenvalue weighted by Crippen LogP contribution is 2.29. The van der Waals surface area contributed by atoms with Gasteiger partial charge >= 0.3 is 0 Å². The average Bonchev–Trinajstić information content (AvgIpc) is 2.79. The molecule has 1 aliphatic rings. The lowest BCUT2D eigenvalue weighted by Gasteiger charge is -2.09. The van der Waals surface area contributed by atoms with E-state index in [0.717, 1.165) is 46.9 Å². The van der Waals surface area contributed by atoms with Gasteiger partial charge in [-0.1, -0.05) is 18.2 Å². The maximum atomic E-state index is 11.9. The Morgan fingerprint density at radius 3 is 3.00 bits per heavy atom. The van der Waals surface area contributed by atoms with Crippen LogP contribution in [0.2, 0.25) is 0 Å². The first-order valence-corrected chi connectivity index (χ1v) is 6.57. The van der Waals surface area contributed by atoms with Crippen LogP contribution in [0.3, 0.4) is 0 Å². The molecule has 1 aliphatic carbocycles. The van der Waals surface area contributed by atoms with Crippen molar-refractivity contribution in [1.29, 1.82) is 0 Å². The predicted octanol–water partition coefficient (Wildman–Crippen LogP) is 3.29. The number of aldehydes is 1. The van der Waals surface area contributed by atoms with Gasteiger partial charge in [0.05, 0.1) is 5.69 Å². The summed E-state index contributed by atoms with van der Waals surface area (Å²) in [7, 11) is 0. The van der Waals surface area contributed by atoms with Gasteiger partial charge in [0, 0.05) is 23.7 Å². The van der Waals surface area contributed by atoms with Crippen LogP contribution in [0.5, 0.6) is 0 Å². The number of Topliss-reactive ketones (excluding diaryl/α,β-unsaturated/α-hetero) is 1. The lowest BCUT2D eigenvalue weighted by atomic mass is 9.94. The van der Waals surface area contributed by atoms with Crippen LogP contribution in [0, 0.1) is 0 Å². The van der Waals surface area contributed by atoms with Crippen LogP contribution in [0.25, 0.3) is 17.0 Å². The van der Waals surface area contributed by atoms with Crippen LogP contribution >= 0.6 is 0 Å². The summed E-state index contributed by atoms with van der Waals surface area (Å²) in [4.78, 5) is 25.4. The standard InChI is InChI=1S/C16H15NO2/c18-9-2-1-4-11-7-8-14-13(10-11)12-5-3-6-15(19)16(12)17-14/h1,4,7-10,17H,2-3,5-6H2. The van der Waals surface area contributed by atoms with E-state index in [4.69, 9.17) is 0 Å². The molecule has 0 fully saturated rings. The van der Waals surface area contributed by atoms with Gasteiger partial charge in [-0.3, -0.25) is 4.79 Å². The summed E-state index contributed by atoms with van der Waals surface area (Å²) in [6.45, 7) is 0. The molecule has 0 atom stereocenters. The van der Waals surface area contributed by atoms with Gasteiger partial charge in [0.15, 0.2) is 5.78 Å². The van der Waals surface area contributed by atoms with E-state index in [2.05, 4.69) is 11.1 Å². The number of nitrogens with one attached hydrogen (secondary N) is 1. The molecule has 96 valence electrons. The summed E-state index contributed by atoms with van der Waals surface area (Å²) in [6, 6.07) is 6.09. The molecule has 0 saturated carbocycles. The third-order valence-electron chi connectivity index (χ3n) is 3.58. The molecule has 1 aromatic carbocycles. The van der Waals surface area contributed by atoms with Crippen molar-refractivity contribution in [2.24, 2.45) is 0 Å². The second-order valence-corrected chi connectivity index (χ2v) is 4.87. The van der Waals surface area contributed by atoms with Crippen molar-refractivity contribution < 1.29 is 9.59 Å². The molecule has 0 bridgehead atoms. The largest absolute Gasteiger partial charge is 0.352 e. The van der Waals surface area contributed by atoms with Crippen molar-refractivity contribution in [3.05, 3.63) is 41.1 Å². The summed E-state index contributed by atoms with van der Waals surface area (Å²) in [5, 5.41) is 1.14. The Bertz CT molecular complexity index is 679. The number of hydrogen-bond acceptors (Lipinski definition) is 2. The van der Waals surface area contributed by atoms with Crippen LogP contribution in [-0.2, 0) is 11.2 Å². The van der Waals surface area contributed by atoms with Crippen LogP contribution in [-0.4, -0.2) is 17.1 Å². The van der Waals surface area contributed by atoms with Crippen LogP contribution in [0.15, 0.2) is 24.3 Å². The van der Waals surface area contributed by atoms with Gasteiger partial charge in [-0.25, -0.2) is 0 Å². The van der Waals surface area contributed by atoms with Gasteiger partial charge in [0.25, 0.3) is 0 Å². The minimum Gasteiger partial charge on any atom is -0.352 e. The summed E-state index contributed by atoms with van der Waals surface area (Å²) >= 11 is 0. The van der Waals surface area contributed by atoms with E-state index in [1.165, 1.54) is 0 Å². The molecule has 2 aromatic rings. The van der Waals surface area contributed by atoms with Crippen molar-refractivity contribution in [2.75, 3.05) is 0 Å². The number of benzene rings is 1. The SMILES string of the molecule is O=CCC=Cc1ccc2[nH]c3c(c2c1)CCCC3=O. The lowest BCUT2D eigenvalue weighted by molar-refractivity contribution is -0.107. The molecule has 1 N–H and O–H groups in total. The number of fused-ring (bicyclic) bond motifs is 3. The highest BCUT2D eigenvalue weighted by molar-refractivity contribution is 6.03. The van der Waals surface area contributed by atoms with E-state index in [1.54, 1.807) is 0 Å². The summed E-state index contributed by atoms with van der Waals surface area (Å²) in [5.74, 6) is 0.218. The zero-order valence-electron chi connectivity index (χ0n) is 10.6. The third-order valence-corrected chi connectivity index (χ3v) is 3.58. The maximum Gasteiger partial charge on any atom is 0.179 e. The minimum absolute atomic E-state index is 0.218. The average molecular weight is 253 g/mol. The number of carbonyl (C=O) groups excluding carboxylic acids is 2. The van der Waals surface area contributed by atoms with Gasteiger partial charge in [-0.2, -0.15) is 0 Å². The van der Waals surface area contributed by atoms with E-state index >= 15 is 0 Å². The van der Waals surface area contributed by atoms with E-state index in [-0.39, 0.29) is 5.78 Å². The van der Waals surface area contributed by atoms with E-state index < -0.39 is 0 Å². The number of aromatic nitrogens is 1. The van der Waals surface area contributed by atoms with Gasteiger partial charge in [0.2, 0.25) is 0 Å². The molecule has 0 radical (unpaired) electrons. The van der Waals surface area contributed by atoms with Gasteiger partial charge in [-0.05, 0) is 36.1 Å². The number of rotatable bonds is 3. The molecule has 19 heavy (non-hydrogen) atoms. The highest BCUT2D eigenvalue weighted by atomic mass is 16.1. The molecule has 0 spiro atoms. The molecular formula is C16H15NO2. The Kier molecular flexibility index (Phi) is 3.03. The monoisotopic (exact) mass is 253 g/mol. The number of allylic oxidation sites excluding steroid dienone is 1. The van der Waals surface area contributed by atoms with E-state index in [0.29, 0.717) is 12.8 Å². The van der Waals surface area contributed by atoms with Crippen molar-refractivity contribution in [3.8, 4) is 0 Å². The normalized spacial score (nSPS) is 15.1. The summed E-state index contributed by atoms with van der Waals surface area (Å²) in [6.07, 6.45) is 7.64. The van der Waals surface area contributed by atoms with Gasteiger partial charge in [0.1, 0.15) is 6.29 Å². The first-order chi connectivity index (χ1) is 9.29. The molecule has 0 amide bonds. The first-order valence-electron chi connectivity index (χ1n) is 6.57. The van der Waals surface area contributed by atoms with Crippen LogP contribution in [0.4, 0.5) is 0 Å². The second kappa shape index (κ2) is 4.84. The summed E-state index contributed by atoms with van der Waals surface area (Å²) < 4.78 is 0. The second-order valence-electron chi connectivity index (χ2n) is 4.87. The fraction of sp³-hybridized carbons (Fsp3) is 0.250. The number of ketones is 1. The van der Waals surface area contributed by atoms with Crippen molar-refractivity contribution >= 4 is 29.0 Å². The zero-order chi connectivity index (χ0) is 13.2.